The fourth-order valence-corrected chi connectivity index (χ4v) is 2.64. The summed E-state index contributed by atoms with van der Waals surface area (Å²) in [7, 11) is 0. The first kappa shape index (κ1) is 13.5. The zero-order valence-corrected chi connectivity index (χ0v) is 12.4. The number of rotatable bonds is 3. The summed E-state index contributed by atoms with van der Waals surface area (Å²) in [5, 5.41) is 7.24. The zero-order valence-electron chi connectivity index (χ0n) is 10.8. The van der Waals surface area contributed by atoms with E-state index in [1.165, 1.54) is 0 Å². The molecule has 0 bridgehead atoms. The molecular weight excluding hydrogens is 264 g/mol. The fourth-order valence-electron chi connectivity index (χ4n) is 1.50. The van der Waals surface area contributed by atoms with E-state index in [4.69, 9.17) is 11.6 Å². The number of aromatic nitrogens is 1. The molecule has 1 heterocycles. The largest absolute Gasteiger partial charge is 0.306 e. The minimum Gasteiger partial charge on any atom is -0.306 e. The molecule has 1 N–H and O–H groups in total. The Morgan fingerprint density at radius 2 is 2.00 bits per heavy atom. The molecule has 0 saturated heterocycles. The van der Waals surface area contributed by atoms with E-state index in [2.05, 4.69) is 36.5 Å². The van der Waals surface area contributed by atoms with Crippen LogP contribution in [0.2, 0.25) is 5.02 Å². The molecule has 0 amide bonds. The molecule has 18 heavy (non-hydrogen) atoms. The molecule has 2 rings (SSSR count). The molecule has 96 valence electrons. The molecular formula is C14H17ClN2S. The van der Waals surface area contributed by atoms with Crippen molar-refractivity contribution in [2.45, 2.75) is 32.9 Å². The molecule has 0 spiro atoms. The third-order valence-electron chi connectivity index (χ3n) is 2.46. The van der Waals surface area contributed by atoms with Gasteiger partial charge in [0.2, 0.25) is 0 Å². The SMILES string of the molecule is CC(C)(C)NCc1csc(-c2ccccc2Cl)n1. The van der Waals surface area contributed by atoms with Crippen LogP contribution in [0.5, 0.6) is 0 Å². The summed E-state index contributed by atoms with van der Waals surface area (Å²) in [6.07, 6.45) is 0. The van der Waals surface area contributed by atoms with Crippen molar-refractivity contribution in [1.29, 1.82) is 0 Å². The summed E-state index contributed by atoms with van der Waals surface area (Å²) in [4.78, 5) is 4.62. The van der Waals surface area contributed by atoms with Crippen LogP contribution < -0.4 is 5.32 Å². The molecule has 0 aliphatic heterocycles. The lowest BCUT2D eigenvalue weighted by molar-refractivity contribution is 0.422. The normalized spacial score (nSPS) is 11.8. The van der Waals surface area contributed by atoms with Gasteiger partial charge in [0, 0.05) is 23.0 Å². The molecule has 1 aromatic carbocycles. The van der Waals surface area contributed by atoms with Gasteiger partial charge in [-0.2, -0.15) is 0 Å². The Labute approximate surface area is 117 Å². The third-order valence-corrected chi connectivity index (χ3v) is 3.71. The van der Waals surface area contributed by atoms with Gasteiger partial charge in [0.25, 0.3) is 0 Å². The highest BCUT2D eigenvalue weighted by molar-refractivity contribution is 7.13. The van der Waals surface area contributed by atoms with Gasteiger partial charge in [-0.1, -0.05) is 29.8 Å². The van der Waals surface area contributed by atoms with E-state index in [-0.39, 0.29) is 5.54 Å². The second-order valence-corrected chi connectivity index (χ2v) is 6.49. The van der Waals surface area contributed by atoms with Crippen LogP contribution in [0.4, 0.5) is 0 Å². The average Bonchev–Trinajstić information content (AvgIpc) is 2.75. The fraction of sp³-hybridized carbons (Fsp3) is 0.357. The Morgan fingerprint density at radius 3 is 2.67 bits per heavy atom. The van der Waals surface area contributed by atoms with Gasteiger partial charge < -0.3 is 5.32 Å². The number of benzene rings is 1. The highest BCUT2D eigenvalue weighted by Crippen LogP contribution is 2.30. The van der Waals surface area contributed by atoms with Crippen molar-refractivity contribution < 1.29 is 0 Å². The van der Waals surface area contributed by atoms with Crippen molar-refractivity contribution in [2.24, 2.45) is 0 Å². The van der Waals surface area contributed by atoms with E-state index in [9.17, 15) is 0 Å². The molecule has 4 heteroatoms. The minimum atomic E-state index is 0.105. The van der Waals surface area contributed by atoms with E-state index in [1.54, 1.807) is 11.3 Å². The predicted molar refractivity (Wildman–Crippen MR) is 79.2 cm³/mol. The van der Waals surface area contributed by atoms with Crippen LogP contribution in [0.15, 0.2) is 29.6 Å². The summed E-state index contributed by atoms with van der Waals surface area (Å²) in [6.45, 7) is 7.22. The average molecular weight is 281 g/mol. The molecule has 1 aromatic heterocycles. The quantitative estimate of drug-likeness (QED) is 0.904. The third kappa shape index (κ3) is 3.55. The van der Waals surface area contributed by atoms with E-state index in [0.717, 1.165) is 27.8 Å². The van der Waals surface area contributed by atoms with Gasteiger partial charge >= 0.3 is 0 Å². The maximum Gasteiger partial charge on any atom is 0.125 e. The highest BCUT2D eigenvalue weighted by atomic mass is 35.5. The van der Waals surface area contributed by atoms with Crippen molar-refractivity contribution in [3.05, 3.63) is 40.4 Å². The van der Waals surface area contributed by atoms with Gasteiger partial charge in [0.05, 0.1) is 10.7 Å². The number of nitrogens with zero attached hydrogens (tertiary/aromatic N) is 1. The molecule has 0 atom stereocenters. The van der Waals surface area contributed by atoms with Crippen LogP contribution in [-0.4, -0.2) is 10.5 Å². The molecule has 0 unspecified atom stereocenters. The summed E-state index contributed by atoms with van der Waals surface area (Å²) >= 11 is 7.80. The number of hydrogen-bond acceptors (Lipinski definition) is 3. The first-order valence-corrected chi connectivity index (χ1v) is 7.16. The van der Waals surface area contributed by atoms with E-state index < -0.39 is 0 Å². The Balaban J connectivity index is 2.14. The second-order valence-electron chi connectivity index (χ2n) is 5.23. The van der Waals surface area contributed by atoms with Gasteiger partial charge in [0.1, 0.15) is 5.01 Å². The van der Waals surface area contributed by atoms with Crippen LogP contribution in [0, 0.1) is 0 Å². The van der Waals surface area contributed by atoms with Crippen LogP contribution in [0.3, 0.4) is 0 Å². The smallest absolute Gasteiger partial charge is 0.125 e. The molecule has 0 radical (unpaired) electrons. The molecule has 0 aliphatic carbocycles. The Hall–Kier alpha value is -0.900. The monoisotopic (exact) mass is 280 g/mol. The number of halogens is 1. The maximum atomic E-state index is 6.17. The summed E-state index contributed by atoms with van der Waals surface area (Å²) in [5.74, 6) is 0. The van der Waals surface area contributed by atoms with Crippen molar-refractivity contribution in [3.63, 3.8) is 0 Å². The van der Waals surface area contributed by atoms with Gasteiger partial charge in [-0.15, -0.1) is 11.3 Å². The molecule has 2 aromatic rings. The first-order valence-electron chi connectivity index (χ1n) is 5.90. The van der Waals surface area contributed by atoms with Crippen LogP contribution in [-0.2, 0) is 6.54 Å². The van der Waals surface area contributed by atoms with E-state index >= 15 is 0 Å². The van der Waals surface area contributed by atoms with Crippen LogP contribution in [0.1, 0.15) is 26.5 Å². The van der Waals surface area contributed by atoms with Gasteiger partial charge in [0.15, 0.2) is 0 Å². The number of hydrogen-bond donors (Lipinski definition) is 1. The van der Waals surface area contributed by atoms with Crippen molar-refractivity contribution in [2.75, 3.05) is 0 Å². The van der Waals surface area contributed by atoms with Crippen LogP contribution in [0.25, 0.3) is 10.6 Å². The van der Waals surface area contributed by atoms with Crippen LogP contribution >= 0.6 is 22.9 Å². The highest BCUT2D eigenvalue weighted by Gasteiger charge is 2.11. The van der Waals surface area contributed by atoms with Gasteiger partial charge in [-0.05, 0) is 26.8 Å². The second kappa shape index (κ2) is 5.39. The van der Waals surface area contributed by atoms with Crippen molar-refractivity contribution >= 4 is 22.9 Å². The number of thiazole rings is 1. The maximum absolute atomic E-state index is 6.17. The molecule has 0 aliphatic rings. The number of nitrogens with one attached hydrogen (secondary N) is 1. The summed E-state index contributed by atoms with van der Waals surface area (Å²) in [6, 6.07) is 7.81. The Bertz CT molecular complexity index is 529. The first-order chi connectivity index (χ1) is 8.46. The van der Waals surface area contributed by atoms with Crippen molar-refractivity contribution in [1.82, 2.24) is 10.3 Å². The Kier molecular flexibility index (Phi) is 4.05. The molecule has 2 nitrogen and oxygen atoms in total. The van der Waals surface area contributed by atoms with E-state index in [1.807, 2.05) is 24.3 Å². The predicted octanol–water partition coefficient (Wildman–Crippen LogP) is 4.35. The topological polar surface area (TPSA) is 24.9 Å². The lowest BCUT2D eigenvalue weighted by Gasteiger charge is -2.19. The van der Waals surface area contributed by atoms with E-state index in [0.29, 0.717) is 0 Å². The summed E-state index contributed by atoms with van der Waals surface area (Å²) < 4.78 is 0. The minimum absolute atomic E-state index is 0.105. The lowest BCUT2D eigenvalue weighted by Crippen LogP contribution is -2.35. The molecule has 0 fully saturated rings. The zero-order chi connectivity index (χ0) is 13.2. The Morgan fingerprint density at radius 1 is 1.28 bits per heavy atom. The lowest BCUT2D eigenvalue weighted by atomic mass is 10.1. The summed E-state index contributed by atoms with van der Waals surface area (Å²) in [5.41, 5.74) is 2.17. The molecule has 0 saturated carbocycles. The standard InChI is InChI=1S/C14H17ClN2S/c1-14(2,3)16-8-10-9-18-13(17-10)11-6-4-5-7-12(11)15/h4-7,9,16H,8H2,1-3H3. The van der Waals surface area contributed by atoms with Gasteiger partial charge in [-0.25, -0.2) is 4.98 Å². The van der Waals surface area contributed by atoms with Gasteiger partial charge in [-0.3, -0.25) is 0 Å². The van der Waals surface area contributed by atoms with Crippen molar-refractivity contribution in [3.8, 4) is 10.6 Å².